The number of carboxylic acids is 1. The van der Waals surface area contributed by atoms with E-state index in [0.29, 0.717) is 11.4 Å². The van der Waals surface area contributed by atoms with Crippen molar-refractivity contribution in [2.45, 2.75) is 0 Å². The fourth-order valence-corrected chi connectivity index (χ4v) is 1.46. The van der Waals surface area contributed by atoms with Crippen molar-refractivity contribution in [3.05, 3.63) is 36.0 Å². The van der Waals surface area contributed by atoms with Crippen LogP contribution in [0.2, 0.25) is 0 Å². The topological polar surface area (TPSA) is 50.9 Å². The summed E-state index contributed by atoms with van der Waals surface area (Å²) >= 11 is 0. The van der Waals surface area contributed by atoms with E-state index in [1.54, 1.807) is 42.0 Å². The highest BCUT2D eigenvalue weighted by molar-refractivity contribution is 5.96. The van der Waals surface area contributed by atoms with Crippen LogP contribution in [0, 0.1) is 0 Å². The summed E-state index contributed by atoms with van der Waals surface area (Å²) in [5.41, 5.74) is 0.917. The third-order valence-electron chi connectivity index (χ3n) is 2.10. The normalized spacial score (nSPS) is 10.4. The summed E-state index contributed by atoms with van der Waals surface area (Å²) in [5, 5.41) is 8.88. The van der Waals surface area contributed by atoms with Gasteiger partial charge in [-0.1, -0.05) is 6.07 Å². The van der Waals surface area contributed by atoms with E-state index < -0.39 is 5.97 Å². The van der Waals surface area contributed by atoms with E-state index in [-0.39, 0.29) is 5.56 Å². The lowest BCUT2D eigenvalue weighted by Crippen LogP contribution is -1.96. The molecule has 0 atom stereocenters. The Morgan fingerprint density at radius 3 is 2.86 bits per heavy atom. The smallest absolute Gasteiger partial charge is 0.337 e. The lowest BCUT2D eigenvalue weighted by Gasteiger charge is -2.03. The van der Waals surface area contributed by atoms with Crippen molar-refractivity contribution in [3.63, 3.8) is 0 Å². The molecule has 0 radical (unpaired) electrons. The monoisotopic (exact) mass is 191 g/mol. The first-order chi connectivity index (χ1) is 6.74. The molecule has 0 aliphatic heterocycles. The predicted octanol–water partition coefficient (Wildman–Crippen LogP) is 1.65. The van der Waals surface area contributed by atoms with Crippen molar-refractivity contribution in [2.75, 3.05) is 7.11 Å². The van der Waals surface area contributed by atoms with Crippen LogP contribution in [0.3, 0.4) is 0 Å². The number of fused-ring (bicyclic) bond motifs is 1. The van der Waals surface area contributed by atoms with Crippen LogP contribution >= 0.6 is 0 Å². The van der Waals surface area contributed by atoms with Gasteiger partial charge in [0.15, 0.2) is 5.88 Å². The van der Waals surface area contributed by atoms with Gasteiger partial charge in [0.25, 0.3) is 0 Å². The minimum absolute atomic E-state index is 0.281. The minimum atomic E-state index is -0.930. The van der Waals surface area contributed by atoms with Gasteiger partial charge in [0.1, 0.15) is 0 Å². The Morgan fingerprint density at radius 2 is 2.21 bits per heavy atom. The van der Waals surface area contributed by atoms with Crippen LogP contribution in [0.1, 0.15) is 10.4 Å². The van der Waals surface area contributed by atoms with Gasteiger partial charge in [0.2, 0.25) is 0 Å². The van der Waals surface area contributed by atoms with Gasteiger partial charge >= 0.3 is 5.97 Å². The summed E-state index contributed by atoms with van der Waals surface area (Å²) in [4.78, 5) is 10.8. The summed E-state index contributed by atoms with van der Waals surface area (Å²) < 4.78 is 6.79. The number of nitrogens with zero attached hydrogens (tertiary/aromatic N) is 1. The molecule has 0 amide bonds. The maximum Gasteiger partial charge on any atom is 0.337 e. The average molecular weight is 191 g/mol. The molecule has 72 valence electrons. The Labute approximate surface area is 80.3 Å². The zero-order valence-electron chi connectivity index (χ0n) is 7.60. The molecular formula is C10H9NO3. The predicted molar refractivity (Wildman–Crippen MR) is 50.9 cm³/mol. The second-order valence-electron chi connectivity index (χ2n) is 2.86. The largest absolute Gasteiger partial charge is 0.482 e. The lowest BCUT2D eigenvalue weighted by atomic mass is 10.2. The number of ether oxygens (including phenoxy) is 1. The summed E-state index contributed by atoms with van der Waals surface area (Å²) in [7, 11) is 1.55. The standard InChI is InChI=1S/C10H9NO3/c1-14-9-4-2-3-8-7(10(12)13)5-6-11(8)9/h2-6H,1H3,(H,12,13). The number of hydrogen-bond donors (Lipinski definition) is 1. The first-order valence-electron chi connectivity index (χ1n) is 4.11. The van der Waals surface area contributed by atoms with E-state index >= 15 is 0 Å². The van der Waals surface area contributed by atoms with Crippen LogP contribution in [-0.4, -0.2) is 22.6 Å². The van der Waals surface area contributed by atoms with E-state index in [2.05, 4.69) is 0 Å². The highest BCUT2D eigenvalue weighted by Gasteiger charge is 2.10. The molecule has 0 saturated carbocycles. The van der Waals surface area contributed by atoms with Crippen molar-refractivity contribution in [1.82, 2.24) is 4.40 Å². The number of rotatable bonds is 2. The zero-order valence-corrected chi connectivity index (χ0v) is 7.60. The summed E-state index contributed by atoms with van der Waals surface area (Å²) in [6.45, 7) is 0. The number of aromatic nitrogens is 1. The Balaban J connectivity index is 2.75. The maximum absolute atomic E-state index is 10.8. The average Bonchev–Trinajstić information content (AvgIpc) is 2.60. The number of carboxylic acid groups (broad SMARTS) is 1. The molecule has 0 spiro atoms. The van der Waals surface area contributed by atoms with Gasteiger partial charge in [-0.25, -0.2) is 4.79 Å². The van der Waals surface area contributed by atoms with Gasteiger partial charge in [-0.05, 0) is 18.2 Å². The van der Waals surface area contributed by atoms with Gasteiger partial charge in [-0.3, -0.25) is 4.40 Å². The van der Waals surface area contributed by atoms with Crippen molar-refractivity contribution < 1.29 is 14.6 Å². The number of methoxy groups -OCH3 is 1. The number of aromatic carboxylic acids is 1. The quantitative estimate of drug-likeness (QED) is 0.785. The van der Waals surface area contributed by atoms with Crippen molar-refractivity contribution in [3.8, 4) is 5.88 Å². The third-order valence-corrected chi connectivity index (χ3v) is 2.10. The summed E-state index contributed by atoms with van der Waals surface area (Å²) in [6, 6.07) is 6.84. The molecule has 0 aliphatic carbocycles. The second-order valence-corrected chi connectivity index (χ2v) is 2.86. The Morgan fingerprint density at radius 1 is 1.43 bits per heavy atom. The lowest BCUT2D eigenvalue weighted by molar-refractivity contribution is 0.0699. The fourth-order valence-electron chi connectivity index (χ4n) is 1.46. The molecule has 0 aromatic carbocycles. The molecule has 0 unspecified atom stereocenters. The highest BCUT2D eigenvalue weighted by atomic mass is 16.5. The highest BCUT2D eigenvalue weighted by Crippen LogP contribution is 2.19. The van der Waals surface area contributed by atoms with Gasteiger partial charge < -0.3 is 9.84 Å². The summed E-state index contributed by atoms with van der Waals surface area (Å²) in [6.07, 6.45) is 1.68. The van der Waals surface area contributed by atoms with Crippen LogP contribution in [-0.2, 0) is 0 Å². The molecule has 14 heavy (non-hydrogen) atoms. The van der Waals surface area contributed by atoms with E-state index in [4.69, 9.17) is 9.84 Å². The summed E-state index contributed by atoms with van der Waals surface area (Å²) in [5.74, 6) is -0.309. The van der Waals surface area contributed by atoms with Crippen LogP contribution in [0.5, 0.6) is 5.88 Å². The first-order valence-corrected chi connectivity index (χ1v) is 4.11. The number of hydrogen-bond acceptors (Lipinski definition) is 2. The van der Waals surface area contributed by atoms with Gasteiger partial charge in [0.05, 0.1) is 18.2 Å². The van der Waals surface area contributed by atoms with Crippen LogP contribution < -0.4 is 4.74 Å². The molecule has 2 aromatic rings. The van der Waals surface area contributed by atoms with E-state index in [1.165, 1.54) is 0 Å². The van der Waals surface area contributed by atoms with E-state index in [1.807, 2.05) is 0 Å². The molecule has 0 fully saturated rings. The van der Waals surface area contributed by atoms with Crippen LogP contribution in [0.15, 0.2) is 30.5 Å². The van der Waals surface area contributed by atoms with Crippen LogP contribution in [0.4, 0.5) is 0 Å². The molecule has 1 N–H and O–H groups in total. The molecule has 2 heterocycles. The van der Waals surface area contributed by atoms with Gasteiger partial charge in [0, 0.05) is 6.20 Å². The molecule has 0 aliphatic rings. The van der Waals surface area contributed by atoms with Gasteiger partial charge in [-0.15, -0.1) is 0 Å². The Kier molecular flexibility index (Phi) is 1.89. The van der Waals surface area contributed by atoms with Crippen molar-refractivity contribution in [2.24, 2.45) is 0 Å². The molecule has 0 saturated heterocycles. The number of pyridine rings is 1. The van der Waals surface area contributed by atoms with Crippen molar-refractivity contribution in [1.29, 1.82) is 0 Å². The second kappa shape index (κ2) is 3.06. The number of carbonyl (C=O) groups is 1. The molecule has 4 heteroatoms. The molecule has 0 bridgehead atoms. The van der Waals surface area contributed by atoms with E-state index in [9.17, 15) is 4.79 Å². The third kappa shape index (κ3) is 1.12. The van der Waals surface area contributed by atoms with E-state index in [0.717, 1.165) is 0 Å². The minimum Gasteiger partial charge on any atom is -0.482 e. The molecule has 2 aromatic heterocycles. The Hall–Kier alpha value is -1.97. The van der Waals surface area contributed by atoms with Crippen LogP contribution in [0.25, 0.3) is 5.52 Å². The molecular weight excluding hydrogens is 182 g/mol. The fraction of sp³-hybridized carbons (Fsp3) is 0.100. The Bertz CT molecular complexity index is 487. The molecule has 2 rings (SSSR count). The zero-order chi connectivity index (χ0) is 10.1. The molecule has 4 nitrogen and oxygen atoms in total. The van der Waals surface area contributed by atoms with Crippen molar-refractivity contribution >= 4 is 11.5 Å². The first kappa shape index (κ1) is 8.62. The maximum atomic E-state index is 10.8. The van der Waals surface area contributed by atoms with Gasteiger partial charge in [-0.2, -0.15) is 0 Å². The SMILES string of the molecule is COc1cccc2c(C(=O)O)ccn12.